The molecule has 1 unspecified atom stereocenters. The fourth-order valence-corrected chi connectivity index (χ4v) is 2.61. The summed E-state index contributed by atoms with van der Waals surface area (Å²) in [7, 11) is 1.34. The first-order valence-electron chi connectivity index (χ1n) is 6.66. The fraction of sp³-hybridized carbons (Fsp3) is 0.500. The first-order chi connectivity index (χ1) is 10.1. The minimum absolute atomic E-state index is 0.0983. The van der Waals surface area contributed by atoms with Crippen LogP contribution in [0, 0.1) is 6.92 Å². The molecular weight excluding hydrogens is 292 g/mol. The van der Waals surface area contributed by atoms with Gasteiger partial charge in [0, 0.05) is 24.5 Å². The Bertz CT molecular complexity index is 541. The molecule has 1 saturated heterocycles. The summed E-state index contributed by atoms with van der Waals surface area (Å²) < 4.78 is 10.1. The third-order valence-corrected chi connectivity index (χ3v) is 3.90. The topological polar surface area (TPSA) is 68.7 Å². The molecule has 0 saturated carbocycles. The molecule has 1 aliphatic heterocycles. The van der Waals surface area contributed by atoms with Crippen LogP contribution in [0.25, 0.3) is 6.08 Å². The van der Waals surface area contributed by atoms with Gasteiger partial charge in [-0.2, -0.15) is 0 Å². The lowest BCUT2D eigenvalue weighted by molar-refractivity contribution is -0.148. The monoisotopic (exact) mass is 310 g/mol. The Hall–Kier alpha value is -1.73. The zero-order valence-electron chi connectivity index (χ0n) is 12.1. The van der Waals surface area contributed by atoms with E-state index in [1.54, 1.807) is 22.3 Å². The Morgan fingerprint density at radius 2 is 2.43 bits per heavy atom. The normalized spacial score (nSPS) is 19.0. The zero-order chi connectivity index (χ0) is 15.2. The number of nitrogens with zero attached hydrogens (tertiary/aromatic N) is 2. The van der Waals surface area contributed by atoms with Crippen LogP contribution < -0.4 is 0 Å². The zero-order valence-corrected chi connectivity index (χ0v) is 12.9. The highest BCUT2D eigenvalue weighted by molar-refractivity contribution is 7.09. The molecule has 7 heteroatoms. The largest absolute Gasteiger partial charge is 0.469 e. The number of thiazole rings is 1. The summed E-state index contributed by atoms with van der Waals surface area (Å²) in [6.45, 7) is 3.27. The number of hydrogen-bond acceptors (Lipinski definition) is 6. The molecular formula is C14H18N2O4S. The molecule has 1 aromatic heterocycles. The van der Waals surface area contributed by atoms with Crippen molar-refractivity contribution in [1.29, 1.82) is 0 Å². The maximum Gasteiger partial charge on any atom is 0.308 e. The average molecular weight is 310 g/mol. The van der Waals surface area contributed by atoms with Crippen LogP contribution in [0.3, 0.4) is 0 Å². The van der Waals surface area contributed by atoms with Crippen molar-refractivity contribution in [3.63, 3.8) is 0 Å². The van der Waals surface area contributed by atoms with Crippen LogP contribution in [-0.2, 0) is 19.1 Å². The van der Waals surface area contributed by atoms with Gasteiger partial charge in [0.05, 0.1) is 36.9 Å². The van der Waals surface area contributed by atoms with E-state index in [-0.39, 0.29) is 24.4 Å². The van der Waals surface area contributed by atoms with E-state index in [4.69, 9.17) is 4.74 Å². The van der Waals surface area contributed by atoms with Crippen LogP contribution >= 0.6 is 11.3 Å². The molecule has 2 heterocycles. The number of esters is 1. The molecule has 1 atom stereocenters. The molecule has 1 aromatic rings. The number of carbonyl (C=O) groups excluding carboxylic acids is 2. The maximum absolute atomic E-state index is 12.1. The van der Waals surface area contributed by atoms with E-state index in [0.29, 0.717) is 19.7 Å². The van der Waals surface area contributed by atoms with Gasteiger partial charge in [-0.15, -0.1) is 11.3 Å². The van der Waals surface area contributed by atoms with Gasteiger partial charge in [0.2, 0.25) is 5.91 Å². The number of hydrogen-bond donors (Lipinski definition) is 0. The predicted octanol–water partition coefficient (Wildman–Crippen LogP) is 1.26. The van der Waals surface area contributed by atoms with Crippen LogP contribution in [0.15, 0.2) is 11.5 Å². The molecule has 0 spiro atoms. The molecule has 21 heavy (non-hydrogen) atoms. The van der Waals surface area contributed by atoms with E-state index in [0.717, 1.165) is 10.7 Å². The Kier molecular flexibility index (Phi) is 5.46. The number of ether oxygens (including phenoxy) is 2. The molecule has 1 amide bonds. The number of amides is 1. The van der Waals surface area contributed by atoms with Crippen molar-refractivity contribution in [1.82, 2.24) is 9.88 Å². The third kappa shape index (κ3) is 4.64. The van der Waals surface area contributed by atoms with E-state index in [9.17, 15) is 9.59 Å². The van der Waals surface area contributed by atoms with Gasteiger partial charge in [-0.1, -0.05) is 0 Å². The van der Waals surface area contributed by atoms with E-state index in [1.165, 1.54) is 13.2 Å². The van der Waals surface area contributed by atoms with Crippen molar-refractivity contribution in [2.75, 3.05) is 26.8 Å². The summed E-state index contributed by atoms with van der Waals surface area (Å²) in [5.41, 5.74) is 0.783. The second kappa shape index (κ2) is 7.33. The van der Waals surface area contributed by atoms with Gasteiger partial charge in [0.15, 0.2) is 0 Å². The van der Waals surface area contributed by atoms with Crippen molar-refractivity contribution in [3.8, 4) is 0 Å². The number of aromatic nitrogens is 1. The molecule has 114 valence electrons. The van der Waals surface area contributed by atoms with E-state index >= 15 is 0 Å². The Labute approximate surface area is 127 Å². The number of carbonyl (C=O) groups is 2. The third-order valence-electron chi connectivity index (χ3n) is 3.11. The van der Waals surface area contributed by atoms with Crippen LogP contribution in [-0.4, -0.2) is 54.7 Å². The van der Waals surface area contributed by atoms with Gasteiger partial charge >= 0.3 is 5.97 Å². The summed E-state index contributed by atoms with van der Waals surface area (Å²) in [4.78, 5) is 29.3. The number of rotatable bonds is 4. The summed E-state index contributed by atoms with van der Waals surface area (Å²) in [6.07, 6.45) is 3.08. The highest BCUT2D eigenvalue weighted by atomic mass is 32.1. The van der Waals surface area contributed by atoms with Crippen LogP contribution in [0.1, 0.15) is 17.1 Å². The molecule has 0 N–H and O–H groups in total. The molecule has 1 aliphatic rings. The van der Waals surface area contributed by atoms with Crippen molar-refractivity contribution >= 4 is 29.3 Å². The maximum atomic E-state index is 12.1. The van der Waals surface area contributed by atoms with Crippen LogP contribution in [0.4, 0.5) is 0 Å². The van der Waals surface area contributed by atoms with E-state index in [1.807, 2.05) is 12.3 Å². The molecule has 0 aromatic carbocycles. The molecule has 2 rings (SSSR count). The molecule has 0 bridgehead atoms. The van der Waals surface area contributed by atoms with E-state index in [2.05, 4.69) is 9.72 Å². The number of methoxy groups -OCH3 is 1. The lowest BCUT2D eigenvalue weighted by atomic mass is 10.2. The second-order valence-electron chi connectivity index (χ2n) is 4.68. The van der Waals surface area contributed by atoms with Gasteiger partial charge in [0.1, 0.15) is 0 Å². The summed E-state index contributed by atoms with van der Waals surface area (Å²) >= 11 is 1.54. The standard InChI is InChI=1S/C14H18N2O4S/c1-10-15-11(9-21-10)3-4-13(17)16-5-6-20-12(8-16)7-14(18)19-2/h3-4,9,12H,5-8H2,1-2H3/b4-3+. The van der Waals surface area contributed by atoms with Crippen molar-refractivity contribution in [2.45, 2.75) is 19.4 Å². The van der Waals surface area contributed by atoms with E-state index < -0.39 is 0 Å². The highest BCUT2D eigenvalue weighted by Crippen LogP contribution is 2.12. The fourth-order valence-electron chi connectivity index (χ4n) is 2.03. The minimum Gasteiger partial charge on any atom is -0.469 e. The molecule has 6 nitrogen and oxygen atoms in total. The quantitative estimate of drug-likeness (QED) is 0.618. The first-order valence-corrected chi connectivity index (χ1v) is 7.54. The minimum atomic E-state index is -0.331. The Morgan fingerprint density at radius 3 is 3.10 bits per heavy atom. The molecule has 0 aliphatic carbocycles. The number of aryl methyl sites for hydroxylation is 1. The van der Waals surface area contributed by atoms with Crippen molar-refractivity contribution < 1.29 is 19.1 Å². The van der Waals surface area contributed by atoms with Gasteiger partial charge in [-0.05, 0) is 13.0 Å². The van der Waals surface area contributed by atoms with Crippen LogP contribution in [0.2, 0.25) is 0 Å². The Morgan fingerprint density at radius 1 is 1.62 bits per heavy atom. The van der Waals surface area contributed by atoms with Crippen molar-refractivity contribution in [3.05, 3.63) is 22.2 Å². The number of morpholine rings is 1. The van der Waals surface area contributed by atoms with Gasteiger partial charge in [-0.25, -0.2) is 4.98 Å². The molecule has 0 radical (unpaired) electrons. The van der Waals surface area contributed by atoms with Gasteiger partial charge in [0.25, 0.3) is 0 Å². The summed E-state index contributed by atoms with van der Waals surface area (Å²) in [5.74, 6) is -0.429. The van der Waals surface area contributed by atoms with Crippen LogP contribution in [0.5, 0.6) is 0 Å². The van der Waals surface area contributed by atoms with Crippen molar-refractivity contribution in [2.24, 2.45) is 0 Å². The highest BCUT2D eigenvalue weighted by Gasteiger charge is 2.25. The summed E-state index contributed by atoms with van der Waals surface area (Å²) in [6, 6.07) is 0. The SMILES string of the molecule is COC(=O)CC1CN(C(=O)/C=C/c2csc(C)n2)CCO1. The van der Waals surface area contributed by atoms with Gasteiger partial charge in [-0.3, -0.25) is 9.59 Å². The van der Waals surface area contributed by atoms with Gasteiger partial charge < -0.3 is 14.4 Å². The lowest BCUT2D eigenvalue weighted by Crippen LogP contribution is -2.45. The smallest absolute Gasteiger partial charge is 0.308 e. The first kappa shape index (κ1) is 15.7. The summed E-state index contributed by atoms with van der Waals surface area (Å²) in [5, 5.41) is 2.87. The second-order valence-corrected chi connectivity index (χ2v) is 5.74. The predicted molar refractivity (Wildman–Crippen MR) is 78.8 cm³/mol. The molecule has 1 fully saturated rings. The lowest BCUT2D eigenvalue weighted by Gasteiger charge is -2.31. The average Bonchev–Trinajstić information content (AvgIpc) is 2.90. The Balaban J connectivity index is 1.89.